The van der Waals surface area contributed by atoms with Gasteiger partial charge >= 0.3 is 0 Å². The Balaban J connectivity index is 2.04. The largest absolute Gasteiger partial charge is 0.388 e. The van der Waals surface area contributed by atoms with Gasteiger partial charge in [-0.2, -0.15) is 0 Å². The van der Waals surface area contributed by atoms with Gasteiger partial charge in [0.05, 0.1) is 6.10 Å². The molecule has 1 aromatic rings. The summed E-state index contributed by atoms with van der Waals surface area (Å²) in [5, 5.41) is 10.4. The molecule has 0 heterocycles. The van der Waals surface area contributed by atoms with Gasteiger partial charge in [-0.25, -0.2) is 4.39 Å². The second-order valence-electron chi connectivity index (χ2n) is 4.60. The zero-order chi connectivity index (χ0) is 11.5. The van der Waals surface area contributed by atoms with Gasteiger partial charge in [0.25, 0.3) is 0 Å². The quantitative estimate of drug-likeness (QED) is 0.846. The minimum Gasteiger partial charge on any atom is -0.388 e. The molecule has 1 aliphatic carbocycles. The van der Waals surface area contributed by atoms with E-state index in [4.69, 9.17) is 11.6 Å². The first kappa shape index (κ1) is 11.9. The van der Waals surface area contributed by atoms with E-state index < -0.39 is 6.10 Å². The van der Waals surface area contributed by atoms with Crippen LogP contribution in [0.3, 0.4) is 0 Å². The van der Waals surface area contributed by atoms with E-state index in [-0.39, 0.29) is 5.82 Å². The molecule has 1 fully saturated rings. The van der Waals surface area contributed by atoms with Crippen LogP contribution in [0.2, 0.25) is 5.02 Å². The Labute approximate surface area is 100 Å². The lowest BCUT2D eigenvalue weighted by Crippen LogP contribution is -2.04. The smallest absolute Gasteiger partial charge is 0.125 e. The van der Waals surface area contributed by atoms with Crippen molar-refractivity contribution in [3.63, 3.8) is 0 Å². The van der Waals surface area contributed by atoms with Gasteiger partial charge in [0.15, 0.2) is 0 Å². The van der Waals surface area contributed by atoms with Gasteiger partial charge in [-0.15, -0.1) is 0 Å². The average Bonchev–Trinajstić information content (AvgIpc) is 2.68. The van der Waals surface area contributed by atoms with Crippen molar-refractivity contribution >= 4 is 11.6 Å². The van der Waals surface area contributed by atoms with E-state index >= 15 is 0 Å². The van der Waals surface area contributed by atoms with Crippen molar-refractivity contribution in [2.45, 2.75) is 38.2 Å². The Kier molecular flexibility index (Phi) is 3.82. The third-order valence-corrected chi connectivity index (χ3v) is 3.52. The highest BCUT2D eigenvalue weighted by Gasteiger charge is 2.20. The molecule has 0 saturated heterocycles. The van der Waals surface area contributed by atoms with Gasteiger partial charge in [-0.05, 0) is 36.1 Å². The maximum absolute atomic E-state index is 13.1. The number of aliphatic hydroxyl groups is 1. The van der Waals surface area contributed by atoms with E-state index in [1.54, 1.807) is 6.07 Å². The Bertz CT molecular complexity index is 341. The summed E-state index contributed by atoms with van der Waals surface area (Å²) >= 11 is 5.76. The zero-order valence-corrected chi connectivity index (χ0v) is 9.88. The first-order chi connectivity index (χ1) is 7.65. The highest BCUT2D eigenvalue weighted by atomic mass is 35.5. The summed E-state index contributed by atoms with van der Waals surface area (Å²) in [6.07, 6.45) is 5.00. The Morgan fingerprint density at radius 2 is 2.00 bits per heavy atom. The van der Waals surface area contributed by atoms with Gasteiger partial charge < -0.3 is 5.11 Å². The summed E-state index contributed by atoms with van der Waals surface area (Å²) in [4.78, 5) is 0. The number of hydrogen-bond donors (Lipinski definition) is 1. The van der Waals surface area contributed by atoms with Gasteiger partial charge in [-0.3, -0.25) is 0 Å². The molecule has 0 aromatic heterocycles. The van der Waals surface area contributed by atoms with Gasteiger partial charge in [-0.1, -0.05) is 37.3 Å². The summed E-state index contributed by atoms with van der Waals surface area (Å²) in [5.41, 5.74) is 0.594. The van der Waals surface area contributed by atoms with E-state index in [1.807, 2.05) is 0 Å². The first-order valence-electron chi connectivity index (χ1n) is 5.79. The molecule has 2 rings (SSSR count). The summed E-state index contributed by atoms with van der Waals surface area (Å²) in [6.45, 7) is 0. The van der Waals surface area contributed by atoms with E-state index in [0.717, 1.165) is 6.42 Å². The molecule has 88 valence electrons. The van der Waals surface area contributed by atoms with Crippen molar-refractivity contribution < 1.29 is 9.50 Å². The highest BCUT2D eigenvalue weighted by molar-refractivity contribution is 6.30. The van der Waals surface area contributed by atoms with Crippen LogP contribution in [0.5, 0.6) is 0 Å². The van der Waals surface area contributed by atoms with E-state index in [9.17, 15) is 9.50 Å². The molecular formula is C13H16ClFO. The van der Waals surface area contributed by atoms with Crippen LogP contribution in [0.4, 0.5) is 4.39 Å². The van der Waals surface area contributed by atoms with Crippen LogP contribution in [0.25, 0.3) is 0 Å². The normalized spacial score (nSPS) is 18.9. The van der Waals surface area contributed by atoms with Crippen LogP contribution in [0, 0.1) is 11.7 Å². The molecule has 1 aromatic carbocycles. The minimum atomic E-state index is -0.587. The van der Waals surface area contributed by atoms with Crippen molar-refractivity contribution in [1.29, 1.82) is 0 Å². The van der Waals surface area contributed by atoms with E-state index in [0.29, 0.717) is 16.5 Å². The molecule has 1 unspecified atom stereocenters. The predicted octanol–water partition coefficient (Wildman–Crippen LogP) is 4.09. The topological polar surface area (TPSA) is 20.2 Å². The van der Waals surface area contributed by atoms with Crippen LogP contribution in [-0.2, 0) is 0 Å². The second-order valence-corrected chi connectivity index (χ2v) is 5.04. The second kappa shape index (κ2) is 5.15. The molecule has 1 atom stereocenters. The molecule has 0 bridgehead atoms. The molecule has 16 heavy (non-hydrogen) atoms. The van der Waals surface area contributed by atoms with Crippen LogP contribution < -0.4 is 0 Å². The summed E-state index contributed by atoms with van der Waals surface area (Å²) < 4.78 is 13.1. The number of hydrogen-bond acceptors (Lipinski definition) is 1. The van der Waals surface area contributed by atoms with Crippen LogP contribution >= 0.6 is 11.6 Å². The summed E-state index contributed by atoms with van der Waals surface area (Å²) in [6, 6.07) is 4.27. The predicted molar refractivity (Wildman–Crippen MR) is 62.9 cm³/mol. The number of benzene rings is 1. The van der Waals surface area contributed by atoms with E-state index in [1.165, 1.54) is 37.8 Å². The molecule has 0 radical (unpaired) electrons. The molecule has 1 nitrogen and oxygen atoms in total. The lowest BCUT2D eigenvalue weighted by molar-refractivity contribution is 0.144. The van der Waals surface area contributed by atoms with Crippen molar-refractivity contribution in [2.24, 2.45) is 5.92 Å². The summed E-state index contributed by atoms with van der Waals surface area (Å²) in [7, 11) is 0. The molecule has 0 aliphatic heterocycles. The van der Waals surface area contributed by atoms with Crippen molar-refractivity contribution in [1.82, 2.24) is 0 Å². The average molecular weight is 243 g/mol. The van der Waals surface area contributed by atoms with Crippen LogP contribution in [0.15, 0.2) is 18.2 Å². The fourth-order valence-corrected chi connectivity index (χ4v) is 2.70. The number of rotatable bonds is 3. The Morgan fingerprint density at radius 3 is 2.62 bits per heavy atom. The zero-order valence-electron chi connectivity index (χ0n) is 9.13. The number of halogens is 2. The molecule has 0 amide bonds. The van der Waals surface area contributed by atoms with Crippen molar-refractivity contribution in [2.75, 3.05) is 0 Å². The maximum atomic E-state index is 13.1. The first-order valence-corrected chi connectivity index (χ1v) is 6.17. The lowest BCUT2D eigenvalue weighted by atomic mass is 9.96. The fraction of sp³-hybridized carbons (Fsp3) is 0.538. The molecule has 1 N–H and O–H groups in total. The van der Waals surface area contributed by atoms with Crippen LogP contribution in [-0.4, -0.2) is 5.11 Å². The standard InChI is InChI=1S/C13H16ClFO/c14-11-6-10(7-12(15)8-11)13(16)5-9-3-1-2-4-9/h6-9,13,16H,1-5H2. The lowest BCUT2D eigenvalue weighted by Gasteiger charge is -2.15. The molecule has 0 spiro atoms. The third kappa shape index (κ3) is 2.96. The highest BCUT2D eigenvalue weighted by Crippen LogP contribution is 2.33. The van der Waals surface area contributed by atoms with Crippen LogP contribution in [0.1, 0.15) is 43.8 Å². The van der Waals surface area contributed by atoms with Gasteiger partial charge in [0.2, 0.25) is 0 Å². The minimum absolute atomic E-state index is 0.348. The maximum Gasteiger partial charge on any atom is 0.125 e. The Morgan fingerprint density at radius 1 is 1.31 bits per heavy atom. The third-order valence-electron chi connectivity index (χ3n) is 3.30. The van der Waals surface area contributed by atoms with E-state index in [2.05, 4.69) is 0 Å². The van der Waals surface area contributed by atoms with Crippen molar-refractivity contribution in [3.05, 3.63) is 34.6 Å². The SMILES string of the molecule is OC(CC1CCCC1)c1cc(F)cc(Cl)c1. The molecule has 1 aliphatic rings. The van der Waals surface area contributed by atoms with Gasteiger partial charge in [0, 0.05) is 5.02 Å². The Hall–Kier alpha value is -0.600. The number of aliphatic hydroxyl groups excluding tert-OH is 1. The monoisotopic (exact) mass is 242 g/mol. The molecule has 1 saturated carbocycles. The molecule has 3 heteroatoms. The summed E-state index contributed by atoms with van der Waals surface area (Å²) in [5.74, 6) is 0.199. The fourth-order valence-electron chi connectivity index (χ4n) is 2.47. The van der Waals surface area contributed by atoms with Crippen molar-refractivity contribution in [3.8, 4) is 0 Å². The van der Waals surface area contributed by atoms with Gasteiger partial charge in [0.1, 0.15) is 5.82 Å². The molecular weight excluding hydrogens is 227 g/mol.